The van der Waals surface area contributed by atoms with Crippen molar-refractivity contribution in [3.63, 3.8) is 0 Å². The maximum absolute atomic E-state index is 12.8. The lowest BCUT2D eigenvalue weighted by molar-refractivity contribution is 0.205. The van der Waals surface area contributed by atoms with E-state index >= 15 is 0 Å². The van der Waals surface area contributed by atoms with E-state index in [0.717, 1.165) is 0 Å². The predicted molar refractivity (Wildman–Crippen MR) is 50.9 cm³/mol. The predicted octanol–water partition coefficient (Wildman–Crippen LogP) is 0.484. The van der Waals surface area contributed by atoms with E-state index < -0.39 is 11.4 Å². The molecule has 0 aliphatic carbocycles. The smallest absolute Gasteiger partial charge is 0.123 e. The lowest BCUT2D eigenvalue weighted by Gasteiger charge is -2.24. The molecule has 0 saturated heterocycles. The average molecular weight is 199 g/mol. The largest absolute Gasteiger partial charge is 0.394 e. The average Bonchev–Trinajstić information content (AvgIpc) is 2.17. The molecule has 1 atom stereocenters. The van der Waals surface area contributed by atoms with Crippen molar-refractivity contribution in [2.75, 3.05) is 6.61 Å². The highest BCUT2D eigenvalue weighted by molar-refractivity contribution is 5.33. The summed E-state index contributed by atoms with van der Waals surface area (Å²) in [5.74, 6) is -0.425. The molecule has 0 saturated carbocycles. The van der Waals surface area contributed by atoms with Gasteiger partial charge in [0.1, 0.15) is 5.82 Å². The molecule has 0 aliphatic heterocycles. The number of hydrogen-bond acceptors (Lipinski definition) is 3. The highest BCUT2D eigenvalue weighted by Crippen LogP contribution is 2.22. The van der Waals surface area contributed by atoms with Crippen LogP contribution in [0.4, 0.5) is 4.39 Å². The van der Waals surface area contributed by atoms with Crippen molar-refractivity contribution < 1.29 is 14.6 Å². The second-order valence-electron chi connectivity index (χ2n) is 3.54. The molecule has 1 rings (SSSR count). The maximum Gasteiger partial charge on any atom is 0.123 e. The summed E-state index contributed by atoms with van der Waals surface area (Å²) in [7, 11) is 0. The molecule has 0 bridgehead atoms. The Hall–Kier alpha value is -0.970. The monoisotopic (exact) mass is 199 g/mol. The molecule has 0 amide bonds. The fourth-order valence-electron chi connectivity index (χ4n) is 1.34. The maximum atomic E-state index is 12.8. The number of aliphatic hydroxyl groups excluding tert-OH is 2. The van der Waals surface area contributed by atoms with Crippen molar-refractivity contribution >= 4 is 0 Å². The molecule has 0 unspecified atom stereocenters. The van der Waals surface area contributed by atoms with Crippen molar-refractivity contribution in [2.24, 2.45) is 5.73 Å². The van der Waals surface area contributed by atoms with E-state index in [9.17, 15) is 4.39 Å². The van der Waals surface area contributed by atoms with E-state index in [0.29, 0.717) is 11.1 Å². The van der Waals surface area contributed by atoms with Gasteiger partial charge in [-0.1, -0.05) is 6.07 Å². The molecule has 3 nitrogen and oxygen atoms in total. The molecule has 0 heterocycles. The lowest BCUT2D eigenvalue weighted by Crippen LogP contribution is -2.38. The quantitative estimate of drug-likeness (QED) is 0.663. The number of aliphatic hydroxyl groups is 2. The Kier molecular flexibility index (Phi) is 3.21. The molecule has 0 aliphatic rings. The van der Waals surface area contributed by atoms with Crippen molar-refractivity contribution in [3.8, 4) is 0 Å². The zero-order valence-corrected chi connectivity index (χ0v) is 8.00. The Morgan fingerprint density at radius 1 is 1.43 bits per heavy atom. The Morgan fingerprint density at radius 2 is 2.07 bits per heavy atom. The minimum absolute atomic E-state index is 0.258. The van der Waals surface area contributed by atoms with E-state index in [1.807, 2.05) is 0 Å². The Labute approximate surface area is 82.0 Å². The Balaban J connectivity index is 3.20. The summed E-state index contributed by atoms with van der Waals surface area (Å²) in [5.41, 5.74) is 5.79. The number of nitrogens with two attached hydrogens (primary N) is 1. The van der Waals surface area contributed by atoms with E-state index in [-0.39, 0.29) is 13.2 Å². The van der Waals surface area contributed by atoms with Gasteiger partial charge in [-0.3, -0.25) is 0 Å². The fraction of sp³-hybridized carbons (Fsp3) is 0.400. The van der Waals surface area contributed by atoms with E-state index in [1.54, 1.807) is 6.92 Å². The number of hydrogen-bond donors (Lipinski definition) is 3. The highest BCUT2D eigenvalue weighted by Gasteiger charge is 2.23. The van der Waals surface area contributed by atoms with Gasteiger partial charge in [-0.25, -0.2) is 4.39 Å². The zero-order valence-electron chi connectivity index (χ0n) is 8.00. The first kappa shape index (κ1) is 11.1. The Bertz CT molecular complexity index is 326. The van der Waals surface area contributed by atoms with Crippen LogP contribution in [0, 0.1) is 5.82 Å². The van der Waals surface area contributed by atoms with Gasteiger partial charge in [0.2, 0.25) is 0 Å². The zero-order chi connectivity index (χ0) is 10.8. The summed E-state index contributed by atoms with van der Waals surface area (Å²) in [6.45, 7) is 1.07. The number of halogens is 1. The van der Waals surface area contributed by atoms with Crippen LogP contribution in [-0.4, -0.2) is 16.8 Å². The van der Waals surface area contributed by atoms with Crippen LogP contribution in [-0.2, 0) is 12.1 Å². The molecular formula is C10H14FNO2. The summed E-state index contributed by atoms with van der Waals surface area (Å²) in [6, 6.07) is 3.96. The third-order valence-corrected chi connectivity index (χ3v) is 2.18. The standard InChI is InChI=1S/C10H14FNO2/c1-10(12,6-14)9-3-2-8(11)4-7(9)5-13/h2-4,13-14H,5-6,12H2,1H3/t10-/m1/s1. The van der Waals surface area contributed by atoms with Crippen LogP contribution in [0.5, 0.6) is 0 Å². The van der Waals surface area contributed by atoms with Crippen molar-refractivity contribution in [3.05, 3.63) is 35.1 Å². The first-order valence-electron chi connectivity index (χ1n) is 4.31. The summed E-state index contributed by atoms with van der Waals surface area (Å²) < 4.78 is 12.8. The van der Waals surface area contributed by atoms with Gasteiger partial charge in [-0.2, -0.15) is 0 Å². The van der Waals surface area contributed by atoms with E-state index in [2.05, 4.69) is 0 Å². The van der Waals surface area contributed by atoms with Crippen molar-refractivity contribution in [2.45, 2.75) is 19.1 Å². The first-order chi connectivity index (χ1) is 6.51. The molecule has 4 heteroatoms. The molecule has 0 radical (unpaired) electrons. The van der Waals surface area contributed by atoms with Gasteiger partial charge >= 0.3 is 0 Å². The van der Waals surface area contributed by atoms with Crippen LogP contribution < -0.4 is 5.73 Å². The van der Waals surface area contributed by atoms with Crippen LogP contribution in [0.2, 0.25) is 0 Å². The van der Waals surface area contributed by atoms with E-state index in [4.69, 9.17) is 15.9 Å². The number of rotatable bonds is 3. The molecule has 0 aromatic heterocycles. The second kappa shape index (κ2) is 4.04. The van der Waals surface area contributed by atoms with Gasteiger partial charge < -0.3 is 15.9 Å². The SMILES string of the molecule is C[C@@](N)(CO)c1ccc(F)cc1CO. The van der Waals surface area contributed by atoms with Crippen LogP contribution in [0.15, 0.2) is 18.2 Å². The third-order valence-electron chi connectivity index (χ3n) is 2.18. The molecule has 1 aromatic rings. The molecule has 14 heavy (non-hydrogen) atoms. The van der Waals surface area contributed by atoms with Gasteiger partial charge in [0.25, 0.3) is 0 Å². The fourth-order valence-corrected chi connectivity index (χ4v) is 1.34. The molecule has 78 valence electrons. The minimum Gasteiger partial charge on any atom is -0.394 e. The normalized spacial score (nSPS) is 15.2. The van der Waals surface area contributed by atoms with Gasteiger partial charge in [0, 0.05) is 0 Å². The number of benzene rings is 1. The van der Waals surface area contributed by atoms with Crippen LogP contribution in [0.25, 0.3) is 0 Å². The van der Waals surface area contributed by atoms with Gasteiger partial charge in [0.05, 0.1) is 18.8 Å². The summed E-state index contributed by atoms with van der Waals surface area (Å²) in [6.07, 6.45) is 0. The molecule has 4 N–H and O–H groups in total. The molecule has 0 fully saturated rings. The van der Waals surface area contributed by atoms with Gasteiger partial charge in [0.15, 0.2) is 0 Å². The Morgan fingerprint density at radius 3 is 2.57 bits per heavy atom. The summed E-state index contributed by atoms with van der Waals surface area (Å²) in [4.78, 5) is 0. The molecular weight excluding hydrogens is 185 g/mol. The van der Waals surface area contributed by atoms with Crippen LogP contribution in [0.1, 0.15) is 18.1 Å². The van der Waals surface area contributed by atoms with Gasteiger partial charge in [-0.15, -0.1) is 0 Å². The molecule has 1 aromatic carbocycles. The molecule has 0 spiro atoms. The minimum atomic E-state index is -0.953. The van der Waals surface area contributed by atoms with E-state index in [1.165, 1.54) is 18.2 Å². The third kappa shape index (κ3) is 2.09. The first-order valence-corrected chi connectivity index (χ1v) is 4.31. The topological polar surface area (TPSA) is 66.5 Å². The van der Waals surface area contributed by atoms with Gasteiger partial charge in [-0.05, 0) is 30.2 Å². The van der Waals surface area contributed by atoms with Crippen LogP contribution in [0.3, 0.4) is 0 Å². The highest BCUT2D eigenvalue weighted by atomic mass is 19.1. The van der Waals surface area contributed by atoms with Crippen LogP contribution >= 0.6 is 0 Å². The second-order valence-corrected chi connectivity index (χ2v) is 3.54. The lowest BCUT2D eigenvalue weighted by atomic mass is 9.90. The van der Waals surface area contributed by atoms with Crippen molar-refractivity contribution in [1.82, 2.24) is 0 Å². The van der Waals surface area contributed by atoms with Crippen molar-refractivity contribution in [1.29, 1.82) is 0 Å². The summed E-state index contributed by atoms with van der Waals surface area (Å²) >= 11 is 0. The summed E-state index contributed by atoms with van der Waals surface area (Å²) in [5, 5.41) is 18.0.